The molecule has 2 bridgehead atoms. The van der Waals surface area contributed by atoms with Gasteiger partial charge in [0, 0.05) is 11.3 Å². The molecular weight excluding hydrogens is 344 g/mol. The van der Waals surface area contributed by atoms with Gasteiger partial charge in [0.15, 0.2) is 11.6 Å². The van der Waals surface area contributed by atoms with Crippen molar-refractivity contribution in [1.29, 1.82) is 0 Å². The van der Waals surface area contributed by atoms with Gasteiger partial charge in [-0.3, -0.25) is 9.59 Å². The topological polar surface area (TPSA) is 34.1 Å². The minimum absolute atomic E-state index is 0.0993. The number of hydrogen-bond acceptors (Lipinski definition) is 2. The molecule has 3 aliphatic carbocycles. The highest BCUT2D eigenvalue weighted by molar-refractivity contribution is 6.13. The highest BCUT2D eigenvalue weighted by Crippen LogP contribution is 2.77. The summed E-state index contributed by atoms with van der Waals surface area (Å²) in [5.41, 5.74) is 0.145. The molecule has 2 heteroatoms. The van der Waals surface area contributed by atoms with Gasteiger partial charge in [0.05, 0.1) is 11.3 Å². The maximum Gasteiger partial charge on any atom is 0.164 e. The lowest BCUT2D eigenvalue weighted by Gasteiger charge is -2.52. The summed E-state index contributed by atoms with van der Waals surface area (Å²) in [6, 6.07) is 0. The molecule has 3 rings (SSSR count). The maximum atomic E-state index is 14.1. The third-order valence-electron chi connectivity index (χ3n) is 7.90. The van der Waals surface area contributed by atoms with Crippen LogP contribution in [-0.2, 0) is 9.59 Å². The maximum absolute atomic E-state index is 14.1. The van der Waals surface area contributed by atoms with Crippen molar-refractivity contribution in [3.05, 3.63) is 23.3 Å². The second-order valence-electron chi connectivity index (χ2n) is 13.6. The Labute approximate surface area is 172 Å². The van der Waals surface area contributed by atoms with Gasteiger partial charge in [-0.1, -0.05) is 101 Å². The predicted octanol–water partition coefficient (Wildman–Crippen LogP) is 6.41. The van der Waals surface area contributed by atoms with Gasteiger partial charge in [0.25, 0.3) is 0 Å². The first-order valence-corrected chi connectivity index (χ1v) is 10.8. The summed E-state index contributed by atoms with van der Waals surface area (Å²) in [6.45, 7) is 26.1. The third-order valence-corrected chi connectivity index (χ3v) is 7.90. The van der Waals surface area contributed by atoms with Gasteiger partial charge in [-0.2, -0.15) is 0 Å². The van der Waals surface area contributed by atoms with Gasteiger partial charge in [-0.05, 0) is 27.2 Å². The van der Waals surface area contributed by atoms with Crippen LogP contribution in [0.15, 0.2) is 23.3 Å². The zero-order valence-electron chi connectivity index (χ0n) is 20.1. The van der Waals surface area contributed by atoms with Gasteiger partial charge in [0.1, 0.15) is 0 Å². The first-order chi connectivity index (χ1) is 12.2. The number of hydrogen-bond donors (Lipinski definition) is 0. The summed E-state index contributed by atoms with van der Waals surface area (Å²) in [5.74, 6) is -0.0156. The Morgan fingerprint density at radius 1 is 0.714 bits per heavy atom. The highest BCUT2D eigenvalue weighted by atomic mass is 16.1. The van der Waals surface area contributed by atoms with Gasteiger partial charge < -0.3 is 0 Å². The second-order valence-corrected chi connectivity index (χ2v) is 13.6. The molecule has 0 N–H and O–H groups in total. The fraction of sp³-hybridized carbons (Fsp3) is 0.769. The van der Waals surface area contributed by atoms with Crippen LogP contribution in [0.1, 0.15) is 83.1 Å². The summed E-state index contributed by atoms with van der Waals surface area (Å²) in [4.78, 5) is 28.1. The smallest absolute Gasteiger partial charge is 0.164 e. The molecule has 0 aromatic rings. The van der Waals surface area contributed by atoms with Crippen molar-refractivity contribution >= 4 is 11.6 Å². The molecule has 4 atom stereocenters. The Morgan fingerprint density at radius 3 is 1.57 bits per heavy atom. The van der Waals surface area contributed by atoms with E-state index in [0.29, 0.717) is 0 Å². The lowest BCUT2D eigenvalue weighted by atomic mass is 9.49. The molecule has 0 aliphatic heterocycles. The molecule has 28 heavy (non-hydrogen) atoms. The molecule has 2 nitrogen and oxygen atoms in total. The van der Waals surface area contributed by atoms with Crippen LogP contribution in [0, 0.1) is 44.3 Å². The summed E-state index contributed by atoms with van der Waals surface area (Å²) in [7, 11) is 0. The monoisotopic (exact) mass is 384 g/mol. The largest absolute Gasteiger partial charge is 0.298 e. The molecule has 1 fully saturated rings. The Kier molecular flexibility index (Phi) is 4.07. The van der Waals surface area contributed by atoms with E-state index in [9.17, 15) is 9.59 Å². The first kappa shape index (κ1) is 21.5. The molecule has 0 heterocycles. The van der Waals surface area contributed by atoms with E-state index < -0.39 is 10.8 Å². The van der Waals surface area contributed by atoms with Crippen LogP contribution < -0.4 is 0 Å². The van der Waals surface area contributed by atoms with Crippen molar-refractivity contribution in [1.82, 2.24) is 0 Å². The number of Topliss-reactive ketones (excluding diaryl/α,β-unsaturated/α-hetero) is 2. The van der Waals surface area contributed by atoms with E-state index in [1.54, 1.807) is 0 Å². The molecule has 0 aromatic carbocycles. The van der Waals surface area contributed by atoms with Crippen LogP contribution in [0.5, 0.6) is 0 Å². The van der Waals surface area contributed by atoms with Gasteiger partial charge >= 0.3 is 0 Å². The molecule has 156 valence electrons. The van der Waals surface area contributed by atoms with E-state index in [2.05, 4.69) is 95.2 Å². The Morgan fingerprint density at radius 2 is 1.21 bits per heavy atom. The van der Waals surface area contributed by atoms with Crippen molar-refractivity contribution in [2.75, 3.05) is 0 Å². The lowest BCUT2D eigenvalue weighted by molar-refractivity contribution is -0.137. The van der Waals surface area contributed by atoms with E-state index in [1.807, 2.05) is 0 Å². The molecule has 0 radical (unpaired) electrons. The van der Waals surface area contributed by atoms with Gasteiger partial charge in [-0.15, -0.1) is 0 Å². The number of carbonyl (C=O) groups is 2. The summed E-state index contributed by atoms with van der Waals surface area (Å²) in [6.07, 6.45) is 4.50. The average Bonchev–Trinajstić information content (AvgIpc) is 3.00. The molecular formula is C26H40O2. The fourth-order valence-corrected chi connectivity index (χ4v) is 6.42. The zero-order chi connectivity index (χ0) is 21.9. The Balaban J connectivity index is 2.47. The third kappa shape index (κ3) is 2.27. The minimum Gasteiger partial charge on any atom is -0.298 e. The van der Waals surface area contributed by atoms with E-state index in [0.717, 1.165) is 5.57 Å². The fourth-order valence-electron chi connectivity index (χ4n) is 6.42. The molecule has 1 saturated carbocycles. The van der Waals surface area contributed by atoms with Crippen molar-refractivity contribution in [2.45, 2.75) is 83.1 Å². The first-order valence-electron chi connectivity index (χ1n) is 10.8. The van der Waals surface area contributed by atoms with E-state index in [1.165, 1.54) is 5.57 Å². The summed E-state index contributed by atoms with van der Waals surface area (Å²) >= 11 is 0. The van der Waals surface area contributed by atoms with E-state index >= 15 is 0 Å². The van der Waals surface area contributed by atoms with Crippen molar-refractivity contribution in [2.24, 2.45) is 44.3 Å². The van der Waals surface area contributed by atoms with E-state index in [4.69, 9.17) is 0 Å². The quantitative estimate of drug-likeness (QED) is 0.452. The van der Waals surface area contributed by atoms with Gasteiger partial charge in [-0.25, -0.2) is 0 Å². The number of ketones is 2. The standard InChI is InChI=1S/C26H40O2/c1-21(2,3)15-13-26(24(10,11)12)19-18(27)16(22(4,5)6)14-25(19,23(7,8)9)17(15)20(26)28/h13-14,17,19H,1-12H3. The molecule has 0 aromatic heterocycles. The van der Waals surface area contributed by atoms with Crippen LogP contribution in [0.2, 0.25) is 0 Å². The summed E-state index contributed by atoms with van der Waals surface area (Å²) in [5, 5.41) is 0. The zero-order valence-corrected chi connectivity index (χ0v) is 20.1. The second kappa shape index (κ2) is 5.29. The Bertz CT molecular complexity index is 810. The molecule has 0 amide bonds. The lowest BCUT2D eigenvalue weighted by Crippen LogP contribution is -2.52. The van der Waals surface area contributed by atoms with E-state index in [-0.39, 0.29) is 45.1 Å². The average molecular weight is 385 g/mol. The summed E-state index contributed by atoms with van der Waals surface area (Å²) < 4.78 is 0. The van der Waals surface area contributed by atoms with Crippen molar-refractivity contribution in [3.63, 3.8) is 0 Å². The van der Waals surface area contributed by atoms with Crippen LogP contribution in [0.4, 0.5) is 0 Å². The van der Waals surface area contributed by atoms with Crippen LogP contribution in [0.25, 0.3) is 0 Å². The van der Waals surface area contributed by atoms with Crippen molar-refractivity contribution < 1.29 is 9.59 Å². The highest BCUT2D eigenvalue weighted by Gasteiger charge is 2.80. The molecule has 0 spiro atoms. The van der Waals surface area contributed by atoms with Crippen molar-refractivity contribution in [3.8, 4) is 0 Å². The predicted molar refractivity (Wildman–Crippen MR) is 116 cm³/mol. The SMILES string of the molecule is CC(C)(C)C1=CC2(C(C)(C)C)C3C(=O)C(C(C)(C)C)(C=C3C(C)(C)C)C2C1=O. The molecule has 0 saturated heterocycles. The number of fused-ring (bicyclic) bond motifs is 5. The van der Waals surface area contributed by atoms with Crippen LogP contribution in [-0.4, -0.2) is 11.6 Å². The number of allylic oxidation sites excluding steroid dienone is 4. The van der Waals surface area contributed by atoms with Gasteiger partial charge in [0.2, 0.25) is 0 Å². The van der Waals surface area contributed by atoms with Crippen LogP contribution >= 0.6 is 0 Å². The normalized spacial score (nSPS) is 36.0. The number of rotatable bonds is 0. The Hall–Kier alpha value is -1.18. The van der Waals surface area contributed by atoms with Crippen LogP contribution in [0.3, 0.4) is 0 Å². The molecule has 4 unspecified atom stereocenters. The minimum atomic E-state index is -0.728. The molecule has 3 aliphatic rings. The number of carbonyl (C=O) groups excluding carboxylic acids is 2.